The van der Waals surface area contributed by atoms with Crippen molar-refractivity contribution in [1.29, 1.82) is 0 Å². The van der Waals surface area contributed by atoms with Gasteiger partial charge in [-0.15, -0.1) is 0 Å². The van der Waals surface area contributed by atoms with Crippen molar-refractivity contribution in [3.05, 3.63) is 35.9 Å². The number of nitrogens with zero attached hydrogens (tertiary/aromatic N) is 3. The molecule has 2 unspecified atom stereocenters. The molecule has 1 aromatic carbocycles. The molecule has 2 heterocycles. The standard InChI is InChI=1S/C20H32N4/c1-17-13-20(15-21,16-23(17)14-18-5-3-2-4-6-18)24-11-9-22(10-12-24)19-7-8-19/h2-6,17,19H,7-16,21H2,1H3. The maximum Gasteiger partial charge on any atom is 0.0474 e. The van der Waals surface area contributed by atoms with Crippen molar-refractivity contribution in [2.24, 2.45) is 5.73 Å². The van der Waals surface area contributed by atoms with Crippen LogP contribution in [0.3, 0.4) is 0 Å². The number of hydrogen-bond acceptors (Lipinski definition) is 4. The Morgan fingerprint density at radius 1 is 1.08 bits per heavy atom. The highest BCUT2D eigenvalue weighted by Gasteiger charge is 2.46. The fraction of sp³-hybridized carbons (Fsp3) is 0.700. The summed E-state index contributed by atoms with van der Waals surface area (Å²) < 4.78 is 0. The first kappa shape index (κ1) is 16.5. The number of benzene rings is 1. The van der Waals surface area contributed by atoms with E-state index in [4.69, 9.17) is 5.73 Å². The third kappa shape index (κ3) is 3.25. The Labute approximate surface area is 146 Å². The smallest absolute Gasteiger partial charge is 0.0474 e. The molecule has 1 saturated carbocycles. The lowest BCUT2D eigenvalue weighted by atomic mass is 9.93. The van der Waals surface area contributed by atoms with Gasteiger partial charge in [0.25, 0.3) is 0 Å². The molecule has 2 saturated heterocycles. The van der Waals surface area contributed by atoms with Gasteiger partial charge in [-0.3, -0.25) is 14.7 Å². The number of rotatable bonds is 5. The van der Waals surface area contributed by atoms with Crippen molar-refractivity contribution in [3.8, 4) is 0 Å². The van der Waals surface area contributed by atoms with E-state index in [-0.39, 0.29) is 5.54 Å². The van der Waals surface area contributed by atoms with Crippen molar-refractivity contribution in [1.82, 2.24) is 14.7 Å². The molecule has 2 aliphatic heterocycles. The SMILES string of the molecule is CC1CC(CN)(N2CCN(C3CC3)CC2)CN1Cc1ccccc1. The third-order valence-electron chi connectivity index (χ3n) is 6.45. The minimum Gasteiger partial charge on any atom is -0.329 e. The second kappa shape index (κ2) is 6.75. The van der Waals surface area contributed by atoms with Gasteiger partial charge < -0.3 is 5.73 Å². The molecule has 0 aromatic heterocycles. The second-order valence-corrected chi connectivity index (χ2v) is 8.13. The molecule has 4 heteroatoms. The van der Waals surface area contributed by atoms with Gasteiger partial charge in [0.2, 0.25) is 0 Å². The quantitative estimate of drug-likeness (QED) is 0.893. The van der Waals surface area contributed by atoms with Crippen LogP contribution >= 0.6 is 0 Å². The maximum atomic E-state index is 6.34. The predicted octanol–water partition coefficient (Wildman–Crippen LogP) is 1.76. The molecule has 0 bridgehead atoms. The lowest BCUT2D eigenvalue weighted by Crippen LogP contribution is -2.61. The molecule has 0 spiro atoms. The topological polar surface area (TPSA) is 35.7 Å². The lowest BCUT2D eigenvalue weighted by molar-refractivity contribution is 0.0374. The minimum atomic E-state index is 0.184. The summed E-state index contributed by atoms with van der Waals surface area (Å²) in [5.74, 6) is 0. The van der Waals surface area contributed by atoms with E-state index in [1.165, 1.54) is 51.0 Å². The van der Waals surface area contributed by atoms with E-state index in [0.717, 1.165) is 25.7 Å². The largest absolute Gasteiger partial charge is 0.329 e. The molecule has 4 rings (SSSR count). The summed E-state index contributed by atoms with van der Waals surface area (Å²) in [5.41, 5.74) is 7.94. The first-order chi connectivity index (χ1) is 11.7. The van der Waals surface area contributed by atoms with E-state index in [0.29, 0.717) is 6.04 Å². The van der Waals surface area contributed by atoms with Gasteiger partial charge in [0.15, 0.2) is 0 Å². The number of likely N-dealkylation sites (tertiary alicyclic amines) is 1. The van der Waals surface area contributed by atoms with Gasteiger partial charge in [-0.1, -0.05) is 30.3 Å². The summed E-state index contributed by atoms with van der Waals surface area (Å²) in [5, 5.41) is 0. The summed E-state index contributed by atoms with van der Waals surface area (Å²) in [6.45, 7) is 10.2. The number of piperazine rings is 1. The van der Waals surface area contributed by atoms with Gasteiger partial charge >= 0.3 is 0 Å². The zero-order valence-electron chi connectivity index (χ0n) is 15.0. The third-order valence-corrected chi connectivity index (χ3v) is 6.45. The minimum absolute atomic E-state index is 0.184. The van der Waals surface area contributed by atoms with Gasteiger partial charge in [0.05, 0.1) is 0 Å². The van der Waals surface area contributed by atoms with Crippen LogP contribution in [0.25, 0.3) is 0 Å². The van der Waals surface area contributed by atoms with Gasteiger partial charge in [-0.25, -0.2) is 0 Å². The molecule has 132 valence electrons. The van der Waals surface area contributed by atoms with Gasteiger partial charge in [0.1, 0.15) is 0 Å². The molecular weight excluding hydrogens is 296 g/mol. The van der Waals surface area contributed by atoms with Crippen LogP contribution in [-0.4, -0.2) is 71.6 Å². The first-order valence-corrected chi connectivity index (χ1v) is 9.67. The summed E-state index contributed by atoms with van der Waals surface area (Å²) in [4.78, 5) is 8.05. The lowest BCUT2D eigenvalue weighted by Gasteiger charge is -2.45. The van der Waals surface area contributed by atoms with Crippen molar-refractivity contribution < 1.29 is 0 Å². The van der Waals surface area contributed by atoms with Crippen LogP contribution in [0.4, 0.5) is 0 Å². The molecular formula is C20H32N4. The van der Waals surface area contributed by atoms with Gasteiger partial charge in [0, 0.05) is 63.4 Å². The van der Waals surface area contributed by atoms with Crippen molar-refractivity contribution in [2.75, 3.05) is 39.3 Å². The average Bonchev–Trinajstić information content (AvgIpc) is 3.42. The van der Waals surface area contributed by atoms with E-state index in [9.17, 15) is 0 Å². The fourth-order valence-corrected chi connectivity index (χ4v) is 4.81. The van der Waals surface area contributed by atoms with E-state index in [1.54, 1.807) is 0 Å². The van der Waals surface area contributed by atoms with E-state index in [2.05, 4.69) is 52.0 Å². The highest BCUT2D eigenvalue weighted by Crippen LogP contribution is 2.35. The fourth-order valence-electron chi connectivity index (χ4n) is 4.81. The van der Waals surface area contributed by atoms with Crippen molar-refractivity contribution in [2.45, 2.75) is 50.4 Å². The van der Waals surface area contributed by atoms with E-state index >= 15 is 0 Å². The Morgan fingerprint density at radius 2 is 1.79 bits per heavy atom. The zero-order valence-corrected chi connectivity index (χ0v) is 15.0. The molecule has 4 nitrogen and oxygen atoms in total. The summed E-state index contributed by atoms with van der Waals surface area (Å²) in [6.07, 6.45) is 4.05. The van der Waals surface area contributed by atoms with Crippen LogP contribution in [0.5, 0.6) is 0 Å². The highest BCUT2D eigenvalue weighted by molar-refractivity contribution is 5.16. The van der Waals surface area contributed by atoms with Gasteiger partial charge in [-0.2, -0.15) is 0 Å². The molecule has 1 aliphatic carbocycles. The van der Waals surface area contributed by atoms with Crippen LogP contribution < -0.4 is 5.73 Å². The highest BCUT2D eigenvalue weighted by atomic mass is 15.4. The number of nitrogens with two attached hydrogens (primary N) is 1. The number of hydrogen-bond donors (Lipinski definition) is 1. The van der Waals surface area contributed by atoms with Crippen LogP contribution in [0, 0.1) is 0 Å². The molecule has 2 atom stereocenters. The Balaban J connectivity index is 1.41. The Morgan fingerprint density at radius 3 is 2.42 bits per heavy atom. The Kier molecular flexibility index (Phi) is 4.65. The zero-order chi connectivity index (χ0) is 16.6. The van der Waals surface area contributed by atoms with E-state index < -0.39 is 0 Å². The van der Waals surface area contributed by atoms with Crippen LogP contribution in [0.2, 0.25) is 0 Å². The monoisotopic (exact) mass is 328 g/mol. The van der Waals surface area contributed by atoms with Crippen LogP contribution in [0.15, 0.2) is 30.3 Å². The Bertz CT molecular complexity index is 536. The second-order valence-electron chi connectivity index (χ2n) is 8.13. The molecule has 3 fully saturated rings. The van der Waals surface area contributed by atoms with Crippen LogP contribution in [-0.2, 0) is 6.54 Å². The molecule has 2 N–H and O–H groups in total. The van der Waals surface area contributed by atoms with Crippen molar-refractivity contribution >= 4 is 0 Å². The molecule has 1 aromatic rings. The molecule has 0 radical (unpaired) electrons. The maximum absolute atomic E-state index is 6.34. The van der Waals surface area contributed by atoms with E-state index in [1.807, 2.05) is 0 Å². The summed E-state index contributed by atoms with van der Waals surface area (Å²) in [6, 6.07) is 12.4. The first-order valence-electron chi connectivity index (χ1n) is 9.67. The molecule has 3 aliphatic rings. The summed E-state index contributed by atoms with van der Waals surface area (Å²) in [7, 11) is 0. The van der Waals surface area contributed by atoms with Crippen LogP contribution in [0.1, 0.15) is 31.7 Å². The average molecular weight is 329 g/mol. The van der Waals surface area contributed by atoms with Crippen molar-refractivity contribution in [3.63, 3.8) is 0 Å². The molecule has 0 amide bonds. The Hall–Kier alpha value is -0.940. The normalized spacial score (nSPS) is 33.2. The predicted molar refractivity (Wildman–Crippen MR) is 98.9 cm³/mol. The molecule has 24 heavy (non-hydrogen) atoms. The van der Waals surface area contributed by atoms with Gasteiger partial charge in [-0.05, 0) is 31.7 Å². The summed E-state index contributed by atoms with van der Waals surface area (Å²) >= 11 is 0.